The molecule has 1 atom stereocenters. The van der Waals surface area contributed by atoms with E-state index in [1.54, 1.807) is 6.07 Å². The van der Waals surface area contributed by atoms with Crippen molar-refractivity contribution in [3.05, 3.63) is 118 Å². The molecule has 0 amide bonds. The van der Waals surface area contributed by atoms with Gasteiger partial charge < -0.3 is 10.2 Å². The second-order valence-corrected chi connectivity index (χ2v) is 9.30. The standard InChI is InChI=1S/C29H34FN3.C3H8.CH4/c1-6-31-15-14-24(16-21(2)3)27-18-26(32-19-23-10-8-7-9-11-23)20-33(5)29(27)25-12-13-28(30)22(4)17-25;1-3-2;/h7-18,20,29,32H,6,19H2,1-5H3;3H2,1-2H3;1H4/b24-14+,31-15?;;. The molecule has 4 heteroatoms. The van der Waals surface area contributed by atoms with Crippen LogP contribution in [0.25, 0.3) is 0 Å². The zero-order valence-electron chi connectivity index (χ0n) is 23.0. The number of halogens is 1. The average Bonchev–Trinajstić information content (AvgIpc) is 2.85. The molecule has 0 saturated heterocycles. The molecule has 2 aromatic rings. The first kappa shape index (κ1) is 31.6. The highest BCUT2D eigenvalue weighted by atomic mass is 19.1. The topological polar surface area (TPSA) is 27.6 Å². The van der Waals surface area contributed by atoms with Gasteiger partial charge in [0.1, 0.15) is 5.82 Å². The van der Waals surface area contributed by atoms with Gasteiger partial charge in [-0.2, -0.15) is 0 Å². The van der Waals surface area contributed by atoms with Crippen molar-refractivity contribution in [2.24, 2.45) is 4.99 Å². The van der Waals surface area contributed by atoms with Crippen LogP contribution in [0.5, 0.6) is 0 Å². The summed E-state index contributed by atoms with van der Waals surface area (Å²) in [7, 11) is 2.07. The lowest BCUT2D eigenvalue weighted by Gasteiger charge is -2.35. The van der Waals surface area contributed by atoms with Crippen LogP contribution in [0.2, 0.25) is 0 Å². The fraction of sp³-hybridized carbons (Fsp3) is 0.364. The molecule has 0 aliphatic carbocycles. The summed E-state index contributed by atoms with van der Waals surface area (Å²) < 4.78 is 14.0. The molecule has 0 fully saturated rings. The summed E-state index contributed by atoms with van der Waals surface area (Å²) in [6.07, 6.45) is 11.7. The number of hydrogen-bond donors (Lipinski definition) is 1. The van der Waals surface area contributed by atoms with E-state index >= 15 is 0 Å². The number of nitrogens with zero attached hydrogens (tertiary/aromatic N) is 2. The van der Waals surface area contributed by atoms with E-state index in [1.165, 1.54) is 17.6 Å². The Bertz CT molecular complexity index is 1120. The highest BCUT2D eigenvalue weighted by Gasteiger charge is 2.26. The molecule has 0 radical (unpaired) electrons. The van der Waals surface area contributed by atoms with Crippen molar-refractivity contribution in [1.29, 1.82) is 0 Å². The summed E-state index contributed by atoms with van der Waals surface area (Å²) in [6.45, 7) is 13.8. The zero-order chi connectivity index (χ0) is 26.5. The van der Waals surface area contributed by atoms with Gasteiger partial charge in [-0.3, -0.25) is 4.99 Å². The Morgan fingerprint density at radius 2 is 1.76 bits per heavy atom. The van der Waals surface area contributed by atoms with Crippen LogP contribution in [0.4, 0.5) is 4.39 Å². The van der Waals surface area contributed by atoms with Crippen molar-refractivity contribution >= 4 is 6.21 Å². The van der Waals surface area contributed by atoms with E-state index in [0.717, 1.165) is 35.5 Å². The lowest BCUT2D eigenvalue weighted by atomic mass is 9.87. The first-order chi connectivity index (χ1) is 17.3. The molecule has 2 aromatic carbocycles. The maximum absolute atomic E-state index is 14.0. The highest BCUT2D eigenvalue weighted by molar-refractivity contribution is 5.75. The summed E-state index contributed by atoms with van der Waals surface area (Å²) in [5, 5.41) is 3.57. The summed E-state index contributed by atoms with van der Waals surface area (Å²) in [5.41, 5.74) is 7.41. The van der Waals surface area contributed by atoms with Crippen LogP contribution in [-0.2, 0) is 6.54 Å². The van der Waals surface area contributed by atoms with Crippen LogP contribution < -0.4 is 5.32 Å². The van der Waals surface area contributed by atoms with E-state index < -0.39 is 0 Å². The van der Waals surface area contributed by atoms with Gasteiger partial charge in [0.2, 0.25) is 0 Å². The van der Waals surface area contributed by atoms with E-state index in [1.807, 2.05) is 38.3 Å². The third-order valence-electron chi connectivity index (χ3n) is 5.51. The van der Waals surface area contributed by atoms with E-state index in [9.17, 15) is 4.39 Å². The Balaban J connectivity index is 0.00000163. The van der Waals surface area contributed by atoms with Crippen molar-refractivity contribution < 1.29 is 4.39 Å². The summed E-state index contributed by atoms with van der Waals surface area (Å²) in [5.74, 6) is -0.182. The minimum absolute atomic E-state index is 0. The van der Waals surface area contributed by atoms with E-state index in [4.69, 9.17) is 0 Å². The van der Waals surface area contributed by atoms with E-state index in [-0.39, 0.29) is 19.3 Å². The lowest BCUT2D eigenvalue weighted by molar-refractivity contribution is 0.369. The molecule has 0 saturated carbocycles. The van der Waals surface area contributed by atoms with Gasteiger partial charge in [-0.25, -0.2) is 4.39 Å². The Kier molecular flexibility index (Phi) is 14.0. The number of benzene rings is 2. The van der Waals surface area contributed by atoms with Gasteiger partial charge >= 0.3 is 0 Å². The quantitative estimate of drug-likeness (QED) is 0.288. The molecular formula is C33H46FN3. The molecule has 1 N–H and O–H groups in total. The summed E-state index contributed by atoms with van der Waals surface area (Å²) in [6, 6.07) is 15.7. The highest BCUT2D eigenvalue weighted by Crippen LogP contribution is 2.37. The van der Waals surface area contributed by atoms with Gasteiger partial charge in [0.05, 0.1) is 11.7 Å². The largest absolute Gasteiger partial charge is 0.380 e. The molecule has 37 heavy (non-hydrogen) atoms. The van der Waals surface area contributed by atoms with Gasteiger partial charge in [0, 0.05) is 32.6 Å². The first-order valence-electron chi connectivity index (χ1n) is 12.8. The monoisotopic (exact) mass is 503 g/mol. The number of aliphatic imine (C=N–C) groups is 1. The number of nitrogens with one attached hydrogen (secondary N) is 1. The second-order valence-electron chi connectivity index (χ2n) is 9.30. The molecule has 200 valence electrons. The van der Waals surface area contributed by atoms with Crippen molar-refractivity contribution in [3.8, 4) is 0 Å². The Morgan fingerprint density at radius 3 is 2.35 bits per heavy atom. The van der Waals surface area contributed by atoms with Gasteiger partial charge in [0.15, 0.2) is 0 Å². The van der Waals surface area contributed by atoms with Crippen molar-refractivity contribution in [2.45, 2.75) is 68.0 Å². The SMILES string of the molecule is C.CCC.CCN=C/C=C(\C=C(C)C)C1=CC(NCc2ccccc2)=CN(C)C1c1ccc(F)c(C)c1. The predicted octanol–water partition coefficient (Wildman–Crippen LogP) is 8.71. The molecule has 1 unspecified atom stereocenters. The molecule has 3 rings (SSSR count). The predicted molar refractivity (Wildman–Crippen MR) is 160 cm³/mol. The van der Waals surface area contributed by atoms with Crippen molar-refractivity contribution in [2.75, 3.05) is 13.6 Å². The minimum atomic E-state index is -0.182. The zero-order valence-corrected chi connectivity index (χ0v) is 23.0. The maximum Gasteiger partial charge on any atom is 0.126 e. The molecular weight excluding hydrogens is 457 g/mol. The van der Waals surface area contributed by atoms with Crippen LogP contribution in [0.3, 0.4) is 0 Å². The molecule has 1 heterocycles. The van der Waals surface area contributed by atoms with Crippen molar-refractivity contribution in [1.82, 2.24) is 10.2 Å². The van der Waals surface area contributed by atoms with Crippen LogP contribution in [-0.4, -0.2) is 24.7 Å². The minimum Gasteiger partial charge on any atom is -0.380 e. The second kappa shape index (κ2) is 16.4. The van der Waals surface area contributed by atoms with Crippen LogP contribution in [0.1, 0.15) is 71.2 Å². The molecule has 1 aliphatic heterocycles. The third-order valence-corrected chi connectivity index (χ3v) is 5.51. The van der Waals surface area contributed by atoms with Gasteiger partial charge in [-0.15, -0.1) is 0 Å². The molecule has 0 bridgehead atoms. The van der Waals surface area contributed by atoms with E-state index in [0.29, 0.717) is 5.56 Å². The maximum atomic E-state index is 14.0. The fourth-order valence-electron chi connectivity index (χ4n) is 3.96. The Hall–Kier alpha value is -3.40. The van der Waals surface area contributed by atoms with Gasteiger partial charge in [-0.1, -0.05) is 81.8 Å². The molecule has 3 nitrogen and oxygen atoms in total. The lowest BCUT2D eigenvalue weighted by Crippen LogP contribution is -2.28. The van der Waals surface area contributed by atoms with Crippen molar-refractivity contribution in [3.63, 3.8) is 0 Å². The van der Waals surface area contributed by atoms with Crippen LogP contribution in [0, 0.1) is 12.7 Å². The Labute approximate surface area is 225 Å². The number of likely N-dealkylation sites (N-methyl/N-ethyl adjacent to an activating group) is 1. The fourth-order valence-corrected chi connectivity index (χ4v) is 3.96. The normalized spacial score (nSPS) is 15.2. The summed E-state index contributed by atoms with van der Waals surface area (Å²) >= 11 is 0. The smallest absolute Gasteiger partial charge is 0.126 e. The number of hydrogen-bond acceptors (Lipinski definition) is 3. The van der Waals surface area contributed by atoms with Crippen LogP contribution in [0.15, 0.2) is 100 Å². The third kappa shape index (κ3) is 9.87. The first-order valence-corrected chi connectivity index (χ1v) is 12.8. The molecule has 1 aliphatic rings. The van der Waals surface area contributed by atoms with Gasteiger partial charge in [-0.05, 0) is 73.7 Å². The average molecular weight is 504 g/mol. The number of allylic oxidation sites excluding steroid dienone is 4. The Morgan fingerprint density at radius 1 is 1.08 bits per heavy atom. The van der Waals surface area contributed by atoms with Gasteiger partial charge in [0.25, 0.3) is 0 Å². The molecule has 0 spiro atoms. The number of aryl methyl sites for hydroxylation is 1. The summed E-state index contributed by atoms with van der Waals surface area (Å²) in [4.78, 5) is 6.59. The number of rotatable bonds is 8. The molecule has 0 aromatic heterocycles. The van der Waals surface area contributed by atoms with Crippen LogP contribution >= 0.6 is 0 Å². The van der Waals surface area contributed by atoms with E-state index in [2.05, 4.69) is 98.6 Å².